The summed E-state index contributed by atoms with van der Waals surface area (Å²) in [7, 11) is 3.14. The Morgan fingerprint density at radius 2 is 2.22 bits per heavy atom. The maximum Gasteiger partial charge on any atom is 0.248 e. The van der Waals surface area contributed by atoms with E-state index in [9.17, 15) is 4.79 Å². The third-order valence-corrected chi connectivity index (χ3v) is 1.51. The van der Waals surface area contributed by atoms with E-state index in [1.807, 2.05) is 0 Å². The van der Waals surface area contributed by atoms with Gasteiger partial charge in [-0.25, -0.2) is 5.06 Å². The topological polar surface area (TPSA) is 29.5 Å². The van der Waals surface area contributed by atoms with Crippen LogP contribution >= 0.6 is 0 Å². The van der Waals surface area contributed by atoms with Crippen LogP contribution in [0, 0.1) is 5.92 Å². The molecule has 1 saturated carbocycles. The summed E-state index contributed by atoms with van der Waals surface area (Å²) in [4.78, 5) is 15.6. The van der Waals surface area contributed by atoms with Gasteiger partial charge in [0.15, 0.2) is 0 Å². The van der Waals surface area contributed by atoms with E-state index >= 15 is 0 Å². The summed E-state index contributed by atoms with van der Waals surface area (Å²) in [6, 6.07) is 0. The van der Waals surface area contributed by atoms with Crippen molar-refractivity contribution in [1.82, 2.24) is 5.06 Å². The van der Waals surface area contributed by atoms with E-state index < -0.39 is 0 Å². The zero-order valence-corrected chi connectivity index (χ0v) is 5.76. The Labute approximate surface area is 54.5 Å². The van der Waals surface area contributed by atoms with E-state index in [0.29, 0.717) is 0 Å². The van der Waals surface area contributed by atoms with Gasteiger partial charge in [-0.05, 0) is 12.8 Å². The van der Waals surface area contributed by atoms with E-state index in [4.69, 9.17) is 4.84 Å². The standard InChI is InChI=1S/C6H11NO2/c1-7(9-2)6(8)5-3-4-5/h5H,3-4H2,1-2H3/i5+2. The fourth-order valence-corrected chi connectivity index (χ4v) is 0.677. The van der Waals surface area contributed by atoms with Gasteiger partial charge in [-0.3, -0.25) is 9.63 Å². The van der Waals surface area contributed by atoms with Gasteiger partial charge in [-0.2, -0.15) is 0 Å². The number of carbonyl (C=O) groups excluding carboxylic acids is 1. The predicted octanol–water partition coefficient (Wildman–Crippen LogP) is 0.416. The van der Waals surface area contributed by atoms with Crippen molar-refractivity contribution in [3.05, 3.63) is 0 Å². The molecule has 3 nitrogen and oxygen atoms in total. The Morgan fingerprint density at radius 1 is 1.67 bits per heavy atom. The van der Waals surface area contributed by atoms with Crippen LogP contribution in [0.1, 0.15) is 12.8 Å². The molecule has 0 aliphatic heterocycles. The number of hydrogen-bond acceptors (Lipinski definition) is 2. The van der Waals surface area contributed by atoms with Crippen LogP contribution in [0.25, 0.3) is 0 Å². The molecule has 0 bridgehead atoms. The first-order valence-electron chi connectivity index (χ1n) is 3.07. The van der Waals surface area contributed by atoms with E-state index in [2.05, 4.69) is 0 Å². The van der Waals surface area contributed by atoms with Crippen molar-refractivity contribution >= 4 is 5.91 Å². The molecule has 1 aliphatic rings. The highest BCUT2D eigenvalue weighted by atomic mass is 16.7. The van der Waals surface area contributed by atoms with Gasteiger partial charge in [-0.1, -0.05) is 0 Å². The Bertz CT molecular complexity index is 120. The lowest BCUT2D eigenvalue weighted by Crippen LogP contribution is -2.26. The van der Waals surface area contributed by atoms with Crippen molar-refractivity contribution in [3.8, 4) is 0 Å². The summed E-state index contributed by atoms with van der Waals surface area (Å²) >= 11 is 0. The van der Waals surface area contributed by atoms with E-state index in [1.165, 1.54) is 12.2 Å². The first-order valence-corrected chi connectivity index (χ1v) is 3.07. The summed E-state index contributed by atoms with van der Waals surface area (Å²) in [5.74, 6) is 0.368. The molecule has 1 rings (SSSR count). The number of hydroxylamine groups is 2. The molecule has 9 heavy (non-hydrogen) atoms. The lowest BCUT2D eigenvalue weighted by Gasteiger charge is -2.11. The van der Waals surface area contributed by atoms with Crippen LogP contribution in [-0.2, 0) is 9.63 Å². The second kappa shape index (κ2) is 2.35. The van der Waals surface area contributed by atoms with Crippen LogP contribution < -0.4 is 0 Å². The van der Waals surface area contributed by atoms with Crippen molar-refractivity contribution in [2.45, 2.75) is 12.8 Å². The van der Waals surface area contributed by atoms with Crippen molar-refractivity contribution in [1.29, 1.82) is 0 Å². The quantitative estimate of drug-likeness (QED) is 0.508. The van der Waals surface area contributed by atoms with E-state index in [0.717, 1.165) is 12.8 Å². The van der Waals surface area contributed by atoms with Gasteiger partial charge in [0.2, 0.25) is 5.91 Å². The molecule has 0 spiro atoms. The molecule has 0 heterocycles. The molecule has 0 aromatic heterocycles. The first kappa shape index (κ1) is 6.55. The summed E-state index contributed by atoms with van der Waals surface area (Å²) < 4.78 is 0. The molecule has 0 unspecified atom stereocenters. The van der Waals surface area contributed by atoms with Gasteiger partial charge in [0.1, 0.15) is 0 Å². The Hall–Kier alpha value is -0.570. The van der Waals surface area contributed by atoms with Gasteiger partial charge in [-0.15, -0.1) is 0 Å². The number of nitrogens with zero attached hydrogens (tertiary/aromatic N) is 1. The van der Waals surface area contributed by atoms with Gasteiger partial charge in [0.25, 0.3) is 0 Å². The third-order valence-electron chi connectivity index (χ3n) is 1.51. The molecule has 0 aromatic rings. The predicted molar refractivity (Wildman–Crippen MR) is 32.5 cm³/mol. The fourth-order valence-electron chi connectivity index (χ4n) is 0.677. The Kier molecular flexibility index (Phi) is 1.71. The van der Waals surface area contributed by atoms with Crippen LogP contribution in [-0.4, -0.2) is 25.1 Å². The zero-order chi connectivity index (χ0) is 6.85. The van der Waals surface area contributed by atoms with Gasteiger partial charge >= 0.3 is 0 Å². The van der Waals surface area contributed by atoms with Crippen LogP contribution in [0.2, 0.25) is 0 Å². The minimum absolute atomic E-state index is 0.109. The first-order chi connectivity index (χ1) is 4.25. The van der Waals surface area contributed by atoms with Crippen molar-refractivity contribution in [2.24, 2.45) is 5.92 Å². The van der Waals surface area contributed by atoms with Crippen LogP contribution in [0.4, 0.5) is 0 Å². The number of hydrogen-bond donors (Lipinski definition) is 0. The third kappa shape index (κ3) is 1.42. The monoisotopic (exact) mass is 131 g/mol. The molecular weight excluding hydrogens is 120 g/mol. The molecule has 0 aromatic carbocycles. The van der Waals surface area contributed by atoms with Crippen molar-refractivity contribution in [2.75, 3.05) is 14.2 Å². The van der Waals surface area contributed by atoms with Gasteiger partial charge in [0, 0.05) is 13.0 Å². The maximum absolute atomic E-state index is 10.9. The van der Waals surface area contributed by atoms with E-state index in [-0.39, 0.29) is 11.8 Å². The molecule has 1 aliphatic carbocycles. The molecule has 3 heteroatoms. The van der Waals surface area contributed by atoms with Gasteiger partial charge < -0.3 is 0 Å². The highest BCUT2D eigenvalue weighted by Crippen LogP contribution is 2.30. The Balaban J connectivity index is 2.31. The van der Waals surface area contributed by atoms with E-state index in [1.54, 1.807) is 7.05 Å². The van der Waals surface area contributed by atoms with Crippen LogP contribution in [0.15, 0.2) is 0 Å². The van der Waals surface area contributed by atoms with Crippen LogP contribution in [0.3, 0.4) is 0 Å². The Morgan fingerprint density at radius 3 is 2.56 bits per heavy atom. The molecule has 1 amide bonds. The normalized spacial score (nSPS) is 17.6. The second-order valence-corrected chi connectivity index (χ2v) is 2.29. The molecule has 0 N–H and O–H groups in total. The largest absolute Gasteiger partial charge is 0.275 e. The fraction of sp³-hybridized carbons (Fsp3) is 0.833. The molecule has 52 valence electrons. The average molecular weight is 131 g/mol. The lowest BCUT2D eigenvalue weighted by atomic mass is 10.9. The molecule has 0 atom stereocenters. The summed E-state index contributed by atoms with van der Waals surface area (Å²) in [5, 5.41) is 1.29. The van der Waals surface area contributed by atoms with Crippen molar-refractivity contribution in [3.63, 3.8) is 0 Å². The van der Waals surface area contributed by atoms with Crippen LogP contribution in [0.5, 0.6) is 0 Å². The highest BCUT2D eigenvalue weighted by Gasteiger charge is 2.32. The SMILES string of the molecule is CON(C)C(=O)[14CH]1CC1. The molecule has 0 radical (unpaired) electrons. The number of carbonyl (C=O) groups is 1. The number of amides is 1. The summed E-state index contributed by atoms with van der Waals surface area (Å²) in [5.41, 5.74) is 0. The lowest BCUT2D eigenvalue weighted by molar-refractivity contribution is -0.170. The maximum atomic E-state index is 10.9. The second-order valence-electron chi connectivity index (χ2n) is 2.29. The summed E-state index contributed by atoms with van der Waals surface area (Å²) in [6.45, 7) is 0. The highest BCUT2D eigenvalue weighted by molar-refractivity contribution is 5.79. The zero-order valence-electron chi connectivity index (χ0n) is 5.76. The van der Waals surface area contributed by atoms with Gasteiger partial charge in [0.05, 0.1) is 7.11 Å². The minimum atomic E-state index is 0.109. The molecule has 0 saturated heterocycles. The molecule has 1 fully saturated rings. The van der Waals surface area contributed by atoms with Crippen molar-refractivity contribution < 1.29 is 9.63 Å². The minimum Gasteiger partial charge on any atom is -0.275 e. The molecular formula is C6H11NO2. The number of rotatable bonds is 2. The smallest absolute Gasteiger partial charge is 0.248 e. The average Bonchev–Trinajstić information content (AvgIpc) is 2.66. The summed E-state index contributed by atoms with van der Waals surface area (Å²) in [6.07, 6.45) is 2.07.